The molecule has 1 heterocycles. The van der Waals surface area contributed by atoms with E-state index in [4.69, 9.17) is 11.6 Å². The Bertz CT molecular complexity index is 326. The molecule has 1 saturated heterocycles. The zero-order valence-electron chi connectivity index (χ0n) is 7.59. The zero-order valence-corrected chi connectivity index (χ0v) is 10.8. The zero-order chi connectivity index (χ0) is 9.97. The Morgan fingerprint density at radius 2 is 2.36 bits per heavy atom. The molecule has 0 amide bonds. The third kappa shape index (κ3) is 2.59. The van der Waals surface area contributed by atoms with Crippen LogP contribution < -0.4 is 5.32 Å². The van der Waals surface area contributed by atoms with Crippen molar-refractivity contribution >= 4 is 45.0 Å². The second-order valence-electron chi connectivity index (χ2n) is 3.33. The number of hydrogen-bond acceptors (Lipinski definition) is 2. The highest BCUT2D eigenvalue weighted by Crippen LogP contribution is 2.27. The van der Waals surface area contributed by atoms with E-state index >= 15 is 0 Å². The van der Waals surface area contributed by atoms with E-state index < -0.39 is 0 Å². The fourth-order valence-electron chi connectivity index (χ4n) is 1.47. The summed E-state index contributed by atoms with van der Waals surface area (Å²) in [6.45, 7) is 0. The minimum atomic E-state index is 0.619. The first kappa shape index (κ1) is 10.7. The topological polar surface area (TPSA) is 12.0 Å². The Morgan fingerprint density at radius 1 is 1.50 bits per heavy atom. The normalized spacial score (nSPS) is 21.1. The van der Waals surface area contributed by atoms with Gasteiger partial charge in [0.2, 0.25) is 0 Å². The van der Waals surface area contributed by atoms with Gasteiger partial charge in [0.05, 0.1) is 5.02 Å². The Balaban J connectivity index is 2.05. The third-order valence-electron chi connectivity index (χ3n) is 2.22. The molecule has 0 radical (unpaired) electrons. The molecule has 1 atom stereocenters. The highest BCUT2D eigenvalue weighted by atomic mass is 79.9. The van der Waals surface area contributed by atoms with Crippen LogP contribution in [0.1, 0.15) is 6.42 Å². The molecule has 0 aliphatic carbocycles. The lowest BCUT2D eigenvalue weighted by Crippen LogP contribution is -2.17. The van der Waals surface area contributed by atoms with Gasteiger partial charge in [0.1, 0.15) is 0 Å². The first-order valence-corrected chi connectivity index (χ1v) is 6.87. The van der Waals surface area contributed by atoms with Crippen LogP contribution in [0.2, 0.25) is 5.02 Å². The molecule has 0 spiro atoms. The molecule has 1 N–H and O–H groups in total. The summed E-state index contributed by atoms with van der Waals surface area (Å²) in [5.74, 6) is 2.48. The molecule has 1 aliphatic rings. The van der Waals surface area contributed by atoms with Gasteiger partial charge in [-0.15, -0.1) is 0 Å². The van der Waals surface area contributed by atoms with Crippen LogP contribution >= 0.6 is 39.3 Å². The second-order valence-corrected chi connectivity index (χ2v) is 5.75. The summed E-state index contributed by atoms with van der Waals surface area (Å²) in [6.07, 6.45) is 1.25. The molecule has 1 unspecified atom stereocenters. The monoisotopic (exact) mass is 291 g/mol. The van der Waals surface area contributed by atoms with Crippen LogP contribution in [-0.4, -0.2) is 17.5 Å². The number of halogens is 2. The van der Waals surface area contributed by atoms with Crippen LogP contribution in [0.25, 0.3) is 0 Å². The molecule has 1 aromatic carbocycles. The van der Waals surface area contributed by atoms with Crippen molar-refractivity contribution < 1.29 is 0 Å². The molecule has 4 heteroatoms. The van der Waals surface area contributed by atoms with Crippen molar-refractivity contribution in [1.82, 2.24) is 0 Å². The van der Waals surface area contributed by atoms with Gasteiger partial charge in [-0.25, -0.2) is 0 Å². The van der Waals surface area contributed by atoms with Gasteiger partial charge in [0, 0.05) is 22.0 Å². The fraction of sp³-hybridized carbons (Fsp3) is 0.400. The molecule has 14 heavy (non-hydrogen) atoms. The van der Waals surface area contributed by atoms with Gasteiger partial charge < -0.3 is 5.32 Å². The highest BCUT2D eigenvalue weighted by molar-refractivity contribution is 9.10. The largest absolute Gasteiger partial charge is 0.381 e. The van der Waals surface area contributed by atoms with Crippen LogP contribution in [0.5, 0.6) is 0 Å². The van der Waals surface area contributed by atoms with Gasteiger partial charge in [-0.1, -0.05) is 11.6 Å². The summed E-state index contributed by atoms with van der Waals surface area (Å²) in [7, 11) is 0. The first-order valence-electron chi connectivity index (χ1n) is 4.55. The summed E-state index contributed by atoms with van der Waals surface area (Å²) in [6, 6.07) is 6.59. The Morgan fingerprint density at radius 3 is 3.00 bits per heavy atom. The smallest absolute Gasteiger partial charge is 0.0549 e. The van der Waals surface area contributed by atoms with Gasteiger partial charge >= 0.3 is 0 Å². The molecule has 0 aromatic heterocycles. The molecule has 76 valence electrons. The van der Waals surface area contributed by atoms with Crippen molar-refractivity contribution in [3.05, 3.63) is 27.7 Å². The second kappa shape index (κ2) is 4.77. The predicted molar refractivity (Wildman–Crippen MR) is 68.5 cm³/mol. The highest BCUT2D eigenvalue weighted by Gasteiger charge is 2.14. The maximum atomic E-state index is 5.92. The minimum absolute atomic E-state index is 0.619. The van der Waals surface area contributed by atoms with Gasteiger partial charge in [0.25, 0.3) is 0 Å². The molecule has 1 aliphatic heterocycles. The van der Waals surface area contributed by atoms with E-state index in [-0.39, 0.29) is 0 Å². The lowest BCUT2D eigenvalue weighted by molar-refractivity contribution is 0.813. The SMILES string of the molecule is Clc1ccc(NC2CCSC2)cc1Br. The van der Waals surface area contributed by atoms with Crippen molar-refractivity contribution in [2.24, 2.45) is 0 Å². The number of benzene rings is 1. The third-order valence-corrected chi connectivity index (χ3v) is 4.60. The van der Waals surface area contributed by atoms with E-state index in [0.717, 1.165) is 15.2 Å². The molecular formula is C10H11BrClNS. The van der Waals surface area contributed by atoms with Crippen molar-refractivity contribution in [3.63, 3.8) is 0 Å². The van der Waals surface area contributed by atoms with Crippen molar-refractivity contribution in [3.8, 4) is 0 Å². The Hall–Kier alpha value is 0.140. The average Bonchev–Trinajstić information content (AvgIpc) is 2.64. The Labute approximate surface area is 102 Å². The summed E-state index contributed by atoms with van der Waals surface area (Å²) in [5.41, 5.74) is 1.15. The molecule has 1 aromatic rings. The maximum absolute atomic E-state index is 5.92. The summed E-state index contributed by atoms with van der Waals surface area (Å²) < 4.78 is 0.954. The molecule has 1 fully saturated rings. The number of anilines is 1. The van der Waals surface area contributed by atoms with Crippen LogP contribution in [0.4, 0.5) is 5.69 Å². The number of nitrogens with one attached hydrogen (secondary N) is 1. The molecule has 0 saturated carbocycles. The van der Waals surface area contributed by atoms with Crippen molar-refractivity contribution in [2.75, 3.05) is 16.8 Å². The average molecular weight is 293 g/mol. The van der Waals surface area contributed by atoms with E-state index in [1.807, 2.05) is 30.0 Å². The number of rotatable bonds is 2. The quantitative estimate of drug-likeness (QED) is 0.883. The van der Waals surface area contributed by atoms with E-state index in [2.05, 4.69) is 21.2 Å². The number of hydrogen-bond donors (Lipinski definition) is 1. The lowest BCUT2D eigenvalue weighted by Gasteiger charge is -2.13. The minimum Gasteiger partial charge on any atom is -0.381 e. The lowest BCUT2D eigenvalue weighted by atomic mass is 10.2. The molecular weight excluding hydrogens is 282 g/mol. The van der Waals surface area contributed by atoms with Crippen LogP contribution in [-0.2, 0) is 0 Å². The van der Waals surface area contributed by atoms with Gasteiger partial charge in [-0.3, -0.25) is 0 Å². The first-order chi connectivity index (χ1) is 6.75. The predicted octanol–water partition coefficient (Wildman–Crippen LogP) is 4.02. The standard InChI is InChI=1S/C10H11BrClNS/c11-9-5-7(1-2-10(9)12)13-8-3-4-14-6-8/h1-2,5,8,13H,3-4,6H2. The van der Waals surface area contributed by atoms with E-state index in [0.29, 0.717) is 6.04 Å². The summed E-state index contributed by atoms with van der Waals surface area (Å²) in [4.78, 5) is 0. The molecule has 1 nitrogen and oxygen atoms in total. The van der Waals surface area contributed by atoms with E-state index in [1.54, 1.807) is 0 Å². The summed E-state index contributed by atoms with van der Waals surface area (Å²) in [5, 5.41) is 4.26. The van der Waals surface area contributed by atoms with E-state index in [1.165, 1.54) is 17.9 Å². The van der Waals surface area contributed by atoms with Gasteiger partial charge in [0.15, 0.2) is 0 Å². The molecule has 2 rings (SSSR count). The van der Waals surface area contributed by atoms with Gasteiger partial charge in [-0.05, 0) is 46.3 Å². The van der Waals surface area contributed by atoms with Gasteiger partial charge in [-0.2, -0.15) is 11.8 Å². The number of thioether (sulfide) groups is 1. The van der Waals surface area contributed by atoms with E-state index in [9.17, 15) is 0 Å². The van der Waals surface area contributed by atoms with Crippen molar-refractivity contribution in [2.45, 2.75) is 12.5 Å². The summed E-state index contributed by atoms with van der Waals surface area (Å²) >= 11 is 11.3. The van der Waals surface area contributed by atoms with Crippen LogP contribution in [0.15, 0.2) is 22.7 Å². The van der Waals surface area contributed by atoms with Crippen molar-refractivity contribution in [1.29, 1.82) is 0 Å². The maximum Gasteiger partial charge on any atom is 0.0549 e. The fourth-order valence-corrected chi connectivity index (χ4v) is 3.12. The Kier molecular flexibility index (Phi) is 3.63. The van der Waals surface area contributed by atoms with Crippen LogP contribution in [0.3, 0.4) is 0 Å². The molecule has 0 bridgehead atoms. The van der Waals surface area contributed by atoms with Crippen LogP contribution in [0, 0.1) is 0 Å².